The lowest BCUT2D eigenvalue weighted by molar-refractivity contribution is -0.491. The van der Waals surface area contributed by atoms with Crippen LogP contribution in [0.5, 0.6) is 0 Å². The summed E-state index contributed by atoms with van der Waals surface area (Å²) in [7, 11) is 4.40. The molecule has 0 aliphatic carbocycles. The van der Waals surface area contributed by atoms with Crippen LogP contribution in [0.1, 0.15) is 19.3 Å². The molecule has 0 atom stereocenters. The van der Waals surface area contributed by atoms with E-state index in [-0.39, 0.29) is 0 Å². The summed E-state index contributed by atoms with van der Waals surface area (Å²) >= 11 is 0. The molecule has 1 fully saturated rings. The molecule has 0 spiro atoms. The van der Waals surface area contributed by atoms with E-state index >= 15 is 0 Å². The van der Waals surface area contributed by atoms with Crippen molar-refractivity contribution in [3.63, 3.8) is 0 Å². The summed E-state index contributed by atoms with van der Waals surface area (Å²) < 4.78 is 2.38. The zero-order valence-corrected chi connectivity index (χ0v) is 8.79. The van der Waals surface area contributed by atoms with Gasteiger partial charge in [0.25, 0.3) is 0 Å². The van der Waals surface area contributed by atoms with Gasteiger partial charge in [0.1, 0.15) is 0 Å². The minimum atomic E-state index is 1.18. The summed E-state index contributed by atoms with van der Waals surface area (Å²) in [5.41, 5.74) is 0. The highest BCUT2D eigenvalue weighted by Gasteiger charge is 2.31. The van der Waals surface area contributed by atoms with Gasteiger partial charge in [0, 0.05) is 0 Å². The molecule has 2 heterocycles. The second kappa shape index (κ2) is 3.56. The van der Waals surface area contributed by atoms with Crippen LogP contribution in [0, 0.1) is 0 Å². The molecule has 2 rings (SSSR count). The highest BCUT2D eigenvalue weighted by molar-refractivity contribution is 5.76. The maximum atomic E-state index is 2.54. The van der Waals surface area contributed by atoms with Crippen molar-refractivity contribution in [2.45, 2.75) is 19.3 Å². The maximum absolute atomic E-state index is 2.54. The second-order valence-corrected chi connectivity index (χ2v) is 4.19. The molecule has 0 amide bonds. The van der Waals surface area contributed by atoms with Crippen LogP contribution in [0.3, 0.4) is 0 Å². The smallest absolute Gasteiger partial charge is 0.265 e. The fourth-order valence-corrected chi connectivity index (χ4v) is 2.37. The zero-order valence-electron chi connectivity index (χ0n) is 8.79. The number of hydrogen-bond donors (Lipinski definition) is 0. The first-order valence-corrected chi connectivity index (χ1v) is 5.33. The van der Waals surface area contributed by atoms with Gasteiger partial charge in [0.2, 0.25) is 0 Å². The molecule has 0 unspecified atom stereocenters. The first kappa shape index (κ1) is 8.85. The second-order valence-electron chi connectivity index (χ2n) is 4.19. The number of likely N-dealkylation sites (tertiary alicyclic amines) is 1. The van der Waals surface area contributed by atoms with Gasteiger partial charge in [0.15, 0.2) is 0 Å². The van der Waals surface area contributed by atoms with E-state index in [1.807, 2.05) is 0 Å². The van der Waals surface area contributed by atoms with Crippen molar-refractivity contribution in [1.29, 1.82) is 0 Å². The van der Waals surface area contributed by atoms with Crippen LogP contribution in [0.2, 0.25) is 0 Å². The molecule has 0 aromatic rings. The Labute approximate surface area is 80.6 Å². The van der Waals surface area contributed by atoms with Crippen molar-refractivity contribution in [3.8, 4) is 0 Å². The summed E-state index contributed by atoms with van der Waals surface area (Å²) in [5, 5.41) is 0. The van der Waals surface area contributed by atoms with Gasteiger partial charge in [-0.25, -0.2) is 0 Å². The molecule has 2 aliphatic rings. The third-order valence-corrected chi connectivity index (χ3v) is 3.09. The lowest BCUT2D eigenvalue weighted by Gasteiger charge is -2.25. The van der Waals surface area contributed by atoms with Gasteiger partial charge in [-0.3, -0.25) is 14.4 Å². The molecule has 3 heteroatoms. The first-order chi connectivity index (χ1) is 6.29. The first-order valence-electron chi connectivity index (χ1n) is 5.33. The molecule has 0 radical (unpaired) electrons. The summed E-state index contributed by atoms with van der Waals surface area (Å²) in [6, 6.07) is 0. The Morgan fingerprint density at radius 2 is 1.77 bits per heavy atom. The predicted octanol–water partition coefficient (Wildman–Crippen LogP) is 0.416. The Hall–Kier alpha value is -0.730. The highest BCUT2D eigenvalue weighted by Crippen LogP contribution is 2.12. The van der Waals surface area contributed by atoms with Crippen molar-refractivity contribution >= 4 is 5.96 Å². The Balaban J connectivity index is 2.09. The van der Waals surface area contributed by atoms with Crippen LogP contribution in [0.25, 0.3) is 0 Å². The van der Waals surface area contributed by atoms with E-state index in [4.69, 9.17) is 0 Å². The minimum Gasteiger partial charge on any atom is -0.265 e. The van der Waals surface area contributed by atoms with Crippen LogP contribution < -0.4 is 0 Å². The van der Waals surface area contributed by atoms with E-state index in [9.17, 15) is 0 Å². The standard InChI is InChI=1S/C10H20N3/c1-11-8-9-12(2)10(11)13-6-4-3-5-7-13/h3-9H2,1-2H3/q+1. The van der Waals surface area contributed by atoms with Crippen molar-refractivity contribution in [2.75, 3.05) is 40.3 Å². The molecule has 0 N–H and O–H groups in total. The summed E-state index contributed by atoms with van der Waals surface area (Å²) in [4.78, 5) is 4.92. The van der Waals surface area contributed by atoms with E-state index in [1.165, 1.54) is 51.4 Å². The summed E-state index contributed by atoms with van der Waals surface area (Å²) in [6.45, 7) is 4.87. The fourth-order valence-electron chi connectivity index (χ4n) is 2.37. The lowest BCUT2D eigenvalue weighted by Crippen LogP contribution is -2.45. The SMILES string of the molecule is CN1CC[N+](C)=C1N1CCCCC1. The number of hydrogen-bond acceptors (Lipinski definition) is 2. The molecule has 1 saturated heterocycles. The van der Waals surface area contributed by atoms with E-state index in [0.717, 1.165) is 0 Å². The minimum absolute atomic E-state index is 1.18. The number of guanidine groups is 1. The number of nitrogens with zero attached hydrogens (tertiary/aromatic N) is 3. The maximum Gasteiger partial charge on any atom is 0.350 e. The third kappa shape index (κ3) is 1.64. The van der Waals surface area contributed by atoms with Gasteiger partial charge in [-0.15, -0.1) is 0 Å². The quantitative estimate of drug-likeness (QED) is 0.502. The Morgan fingerprint density at radius 3 is 2.31 bits per heavy atom. The van der Waals surface area contributed by atoms with E-state index in [0.29, 0.717) is 0 Å². The van der Waals surface area contributed by atoms with Crippen LogP contribution in [-0.4, -0.2) is 60.6 Å². The van der Waals surface area contributed by atoms with Crippen molar-refractivity contribution < 1.29 is 4.58 Å². The van der Waals surface area contributed by atoms with Gasteiger partial charge in [0.05, 0.1) is 40.3 Å². The van der Waals surface area contributed by atoms with Gasteiger partial charge < -0.3 is 0 Å². The van der Waals surface area contributed by atoms with Crippen LogP contribution in [0.15, 0.2) is 0 Å². The van der Waals surface area contributed by atoms with Crippen molar-refractivity contribution in [1.82, 2.24) is 9.80 Å². The fraction of sp³-hybridized carbons (Fsp3) is 0.900. The molecule has 13 heavy (non-hydrogen) atoms. The van der Waals surface area contributed by atoms with Gasteiger partial charge in [-0.1, -0.05) is 0 Å². The Kier molecular flexibility index (Phi) is 2.42. The Bertz CT molecular complexity index is 216. The summed E-state index contributed by atoms with van der Waals surface area (Å²) in [6.07, 6.45) is 4.15. The lowest BCUT2D eigenvalue weighted by atomic mass is 10.1. The number of likely N-dealkylation sites (N-methyl/N-ethyl adjacent to an activating group) is 2. The largest absolute Gasteiger partial charge is 0.350 e. The van der Waals surface area contributed by atoms with Gasteiger partial charge >= 0.3 is 5.96 Å². The van der Waals surface area contributed by atoms with Crippen molar-refractivity contribution in [2.24, 2.45) is 0 Å². The molecule has 74 valence electrons. The van der Waals surface area contributed by atoms with Crippen LogP contribution in [-0.2, 0) is 0 Å². The molecule has 0 bridgehead atoms. The molecular formula is C10H20N3+. The number of piperidine rings is 1. The molecule has 0 aromatic carbocycles. The van der Waals surface area contributed by atoms with Gasteiger partial charge in [-0.2, -0.15) is 0 Å². The van der Waals surface area contributed by atoms with E-state index in [1.54, 1.807) is 0 Å². The predicted molar refractivity (Wildman–Crippen MR) is 54.1 cm³/mol. The van der Waals surface area contributed by atoms with E-state index in [2.05, 4.69) is 28.5 Å². The molecule has 0 aromatic heterocycles. The number of rotatable bonds is 0. The molecule has 3 nitrogen and oxygen atoms in total. The third-order valence-electron chi connectivity index (χ3n) is 3.09. The molecule has 0 saturated carbocycles. The van der Waals surface area contributed by atoms with Gasteiger partial charge in [-0.05, 0) is 19.3 Å². The highest BCUT2D eigenvalue weighted by atomic mass is 15.4. The van der Waals surface area contributed by atoms with Crippen molar-refractivity contribution in [3.05, 3.63) is 0 Å². The monoisotopic (exact) mass is 182 g/mol. The molecule has 2 aliphatic heterocycles. The van der Waals surface area contributed by atoms with Crippen LogP contribution in [0.4, 0.5) is 0 Å². The average molecular weight is 182 g/mol. The zero-order chi connectivity index (χ0) is 9.26. The topological polar surface area (TPSA) is 9.49 Å². The normalized spacial score (nSPS) is 24.5. The average Bonchev–Trinajstić information content (AvgIpc) is 2.48. The summed E-state index contributed by atoms with van der Waals surface area (Å²) in [5.74, 6) is 1.44. The van der Waals surface area contributed by atoms with E-state index < -0.39 is 0 Å². The molecular weight excluding hydrogens is 162 g/mol. The van der Waals surface area contributed by atoms with Crippen LogP contribution >= 0.6 is 0 Å². The Morgan fingerprint density at radius 1 is 1.08 bits per heavy atom.